The third-order valence-corrected chi connectivity index (χ3v) is 9.35. The monoisotopic (exact) mass is 508 g/mol. The SMILES string of the molecule is c1cc2c3cc1c1ccc4c(c1)[nH]c1c4ccc4c5ccc(cc5[nH]c41)c1ccc4c(c1)[nH]c1c4ccc2c1[nH]3. The van der Waals surface area contributed by atoms with Crippen molar-refractivity contribution >= 4 is 109 Å². The van der Waals surface area contributed by atoms with Gasteiger partial charge in [0.2, 0.25) is 0 Å². The van der Waals surface area contributed by atoms with Gasteiger partial charge in [0.25, 0.3) is 0 Å². The molecule has 4 N–H and O–H groups in total. The van der Waals surface area contributed by atoms with Crippen molar-refractivity contribution in [3.63, 3.8) is 0 Å². The number of hydrogen-bond donors (Lipinski definition) is 4. The third kappa shape index (κ3) is 2.22. The van der Waals surface area contributed by atoms with Gasteiger partial charge in [-0.3, -0.25) is 0 Å². The van der Waals surface area contributed by atoms with Gasteiger partial charge in [-0.25, -0.2) is 0 Å². The Morgan fingerprint density at radius 3 is 0.725 bits per heavy atom. The second kappa shape index (κ2) is 6.38. The summed E-state index contributed by atoms with van der Waals surface area (Å²) in [5.74, 6) is 0. The molecule has 0 aliphatic rings. The Morgan fingerprint density at radius 2 is 0.475 bits per heavy atom. The molecular formula is C36H20N4. The second-order valence-electron chi connectivity index (χ2n) is 11.4. The van der Waals surface area contributed by atoms with Crippen LogP contribution in [0, 0.1) is 0 Å². The fraction of sp³-hybridized carbons (Fsp3) is 0. The minimum atomic E-state index is 1.15. The fourth-order valence-electron chi connectivity index (χ4n) is 7.41. The summed E-state index contributed by atoms with van der Waals surface area (Å²) in [4.78, 5) is 15.1. The van der Waals surface area contributed by atoms with Crippen molar-refractivity contribution < 1.29 is 0 Å². The lowest BCUT2D eigenvalue weighted by Crippen LogP contribution is -1.73. The molecule has 0 unspecified atom stereocenters. The van der Waals surface area contributed by atoms with Crippen molar-refractivity contribution in [2.45, 2.75) is 0 Å². The predicted molar refractivity (Wildman–Crippen MR) is 170 cm³/mol. The van der Waals surface area contributed by atoms with Crippen LogP contribution in [0.5, 0.6) is 0 Å². The Hall–Kier alpha value is -5.48. The molecule has 0 radical (unpaired) electrons. The average Bonchev–Trinajstić information content (AvgIpc) is 3.74. The summed E-state index contributed by atoms with van der Waals surface area (Å²) in [5.41, 5.74) is 9.25. The number of hydrogen-bond acceptors (Lipinski definition) is 0. The zero-order chi connectivity index (χ0) is 25.7. The van der Waals surface area contributed by atoms with Gasteiger partial charge in [-0.05, 0) is 45.8 Å². The maximum absolute atomic E-state index is 3.77. The van der Waals surface area contributed by atoms with E-state index in [-0.39, 0.29) is 0 Å². The number of fused-ring (bicyclic) bond motifs is 10. The van der Waals surface area contributed by atoms with Gasteiger partial charge in [-0.2, -0.15) is 0 Å². The number of aromatic nitrogens is 4. The van der Waals surface area contributed by atoms with Crippen LogP contribution in [0.25, 0.3) is 109 Å². The van der Waals surface area contributed by atoms with E-state index in [1.807, 2.05) is 0 Å². The van der Waals surface area contributed by atoms with Crippen LogP contribution >= 0.6 is 0 Å². The highest BCUT2D eigenvalue weighted by molar-refractivity contribution is 6.24. The van der Waals surface area contributed by atoms with Gasteiger partial charge < -0.3 is 19.9 Å². The summed E-state index contributed by atoms with van der Waals surface area (Å²) >= 11 is 0. The molecule has 5 heterocycles. The summed E-state index contributed by atoms with van der Waals surface area (Å²) < 4.78 is 0. The molecule has 0 fully saturated rings. The van der Waals surface area contributed by atoms with Gasteiger partial charge in [0.15, 0.2) is 0 Å². The summed E-state index contributed by atoms with van der Waals surface area (Å²) in [6, 6.07) is 36.2. The molecule has 4 nitrogen and oxygen atoms in total. The Morgan fingerprint density at radius 1 is 0.250 bits per heavy atom. The molecule has 11 aromatic rings. The highest BCUT2D eigenvalue weighted by atomic mass is 14.8. The summed E-state index contributed by atoms with van der Waals surface area (Å²) in [6.07, 6.45) is 0. The van der Waals surface area contributed by atoms with Crippen molar-refractivity contribution in [1.82, 2.24) is 19.9 Å². The Labute approximate surface area is 225 Å². The molecule has 0 amide bonds. The molecule has 5 aromatic heterocycles. The molecule has 0 spiro atoms. The van der Waals surface area contributed by atoms with E-state index in [4.69, 9.17) is 0 Å². The number of rotatable bonds is 0. The first-order chi connectivity index (χ1) is 19.8. The van der Waals surface area contributed by atoms with E-state index in [1.165, 1.54) is 64.6 Å². The standard InChI is InChI=1S/C36H20N4/c1-5-21-25-9-10-26-23-7-3-19-15-31(23)39-34(26)33(25)37-29(21)13-17(1)18-2-6-22-27-11-12-28-24-8-4-20(19)16-32(24)40-36(28)35(27)38-30(22)14-18/h1-16,37-40H. The molecule has 0 aliphatic heterocycles. The van der Waals surface area contributed by atoms with E-state index >= 15 is 0 Å². The van der Waals surface area contributed by atoms with Crippen molar-refractivity contribution in [2.75, 3.05) is 0 Å². The molecule has 11 rings (SSSR count). The van der Waals surface area contributed by atoms with Crippen molar-refractivity contribution in [3.05, 3.63) is 97.1 Å². The first-order valence-electron chi connectivity index (χ1n) is 13.8. The fourth-order valence-corrected chi connectivity index (χ4v) is 7.41. The minimum absolute atomic E-state index is 1.15. The number of benzene rings is 6. The van der Waals surface area contributed by atoms with Crippen molar-refractivity contribution in [3.8, 4) is 0 Å². The first-order valence-corrected chi connectivity index (χ1v) is 13.8. The Bertz CT molecular complexity index is 2470. The van der Waals surface area contributed by atoms with Crippen LogP contribution in [0.1, 0.15) is 0 Å². The van der Waals surface area contributed by atoms with Crippen LogP contribution in [0.15, 0.2) is 97.1 Å². The predicted octanol–water partition coefficient (Wildman–Crippen LogP) is 9.97. The highest BCUT2D eigenvalue weighted by Gasteiger charge is 2.15. The van der Waals surface area contributed by atoms with Gasteiger partial charge in [-0.1, -0.05) is 72.8 Å². The third-order valence-electron chi connectivity index (χ3n) is 9.35. The average molecular weight is 509 g/mol. The van der Waals surface area contributed by atoms with Crippen LogP contribution in [0.4, 0.5) is 0 Å². The van der Waals surface area contributed by atoms with E-state index < -0.39 is 0 Å². The molecule has 40 heavy (non-hydrogen) atoms. The largest absolute Gasteiger partial charge is 0.353 e. The normalized spacial score (nSPS) is 13.0. The zero-order valence-electron chi connectivity index (χ0n) is 21.2. The second-order valence-corrected chi connectivity index (χ2v) is 11.4. The van der Waals surface area contributed by atoms with Crippen molar-refractivity contribution in [2.24, 2.45) is 0 Å². The van der Waals surface area contributed by atoms with Crippen LogP contribution in [-0.2, 0) is 0 Å². The van der Waals surface area contributed by atoms with Crippen LogP contribution in [0.3, 0.4) is 0 Å². The molecule has 0 saturated carbocycles. The van der Waals surface area contributed by atoms with Gasteiger partial charge in [0.1, 0.15) is 0 Å². The maximum Gasteiger partial charge on any atom is 0.0710 e. The Kier molecular flexibility index (Phi) is 3.12. The van der Waals surface area contributed by atoms with E-state index in [0.717, 1.165) is 44.1 Å². The van der Waals surface area contributed by atoms with E-state index in [1.54, 1.807) is 0 Å². The minimum Gasteiger partial charge on any atom is -0.353 e. The summed E-state index contributed by atoms with van der Waals surface area (Å²) in [7, 11) is 0. The molecule has 4 heteroatoms. The van der Waals surface area contributed by atoms with Crippen LogP contribution < -0.4 is 0 Å². The van der Waals surface area contributed by atoms with Crippen molar-refractivity contribution in [1.29, 1.82) is 0 Å². The summed E-state index contributed by atoms with van der Waals surface area (Å²) in [6.45, 7) is 0. The zero-order valence-corrected chi connectivity index (χ0v) is 21.2. The van der Waals surface area contributed by atoms with Gasteiger partial charge >= 0.3 is 0 Å². The molecule has 0 aliphatic carbocycles. The van der Waals surface area contributed by atoms with E-state index in [2.05, 4.69) is 117 Å². The molecule has 12 bridgehead atoms. The highest BCUT2D eigenvalue weighted by Crippen LogP contribution is 2.38. The summed E-state index contributed by atoms with van der Waals surface area (Å²) in [5, 5.41) is 14.8. The van der Waals surface area contributed by atoms with Gasteiger partial charge in [-0.15, -0.1) is 0 Å². The number of aromatic amines is 4. The molecule has 0 saturated heterocycles. The lowest BCUT2D eigenvalue weighted by molar-refractivity contribution is 1.51. The van der Waals surface area contributed by atoms with E-state index in [0.29, 0.717) is 0 Å². The van der Waals surface area contributed by atoms with Crippen LogP contribution in [0.2, 0.25) is 0 Å². The van der Waals surface area contributed by atoms with E-state index in [9.17, 15) is 0 Å². The Balaban J connectivity index is 1.41. The molecule has 184 valence electrons. The quantitative estimate of drug-likeness (QED) is 0.157. The molecule has 6 aromatic carbocycles. The molecular weight excluding hydrogens is 488 g/mol. The lowest BCUT2D eigenvalue weighted by Gasteiger charge is -1.98. The molecule has 0 atom stereocenters. The number of nitrogens with one attached hydrogen (secondary N) is 4. The first kappa shape index (κ1) is 19.6. The maximum atomic E-state index is 3.77. The topological polar surface area (TPSA) is 63.2 Å². The lowest BCUT2D eigenvalue weighted by atomic mass is 10.0. The van der Waals surface area contributed by atoms with Crippen LogP contribution in [-0.4, -0.2) is 19.9 Å². The van der Waals surface area contributed by atoms with Gasteiger partial charge in [0.05, 0.1) is 22.1 Å². The smallest absolute Gasteiger partial charge is 0.0710 e. The van der Waals surface area contributed by atoms with Gasteiger partial charge in [0, 0.05) is 65.2 Å². The number of H-pyrrole nitrogens is 4.